The first-order valence-corrected chi connectivity index (χ1v) is 5.87. The van der Waals surface area contributed by atoms with E-state index in [-0.39, 0.29) is 24.7 Å². The standard InChI is InChI=1S/C11H22N2O3/c1-9(11(15)12-2)13-5-3-10(4-6-13)16-8-7-14/h9-10,14H,3-8H2,1-2H3,(H,12,15). The zero-order chi connectivity index (χ0) is 12.0. The molecule has 1 aliphatic rings. The molecule has 1 aliphatic heterocycles. The van der Waals surface area contributed by atoms with Gasteiger partial charge in [0.1, 0.15) is 0 Å². The van der Waals surface area contributed by atoms with Crippen molar-refractivity contribution in [3.05, 3.63) is 0 Å². The molecule has 0 aromatic heterocycles. The highest BCUT2D eigenvalue weighted by molar-refractivity contribution is 5.80. The van der Waals surface area contributed by atoms with Gasteiger partial charge < -0.3 is 15.2 Å². The lowest BCUT2D eigenvalue weighted by atomic mass is 10.1. The van der Waals surface area contributed by atoms with Gasteiger partial charge in [-0.05, 0) is 19.8 Å². The maximum absolute atomic E-state index is 11.4. The number of likely N-dealkylation sites (tertiary alicyclic amines) is 1. The summed E-state index contributed by atoms with van der Waals surface area (Å²) >= 11 is 0. The van der Waals surface area contributed by atoms with Crippen molar-refractivity contribution in [2.75, 3.05) is 33.4 Å². The van der Waals surface area contributed by atoms with Gasteiger partial charge in [0, 0.05) is 20.1 Å². The molecule has 1 rings (SSSR count). The van der Waals surface area contributed by atoms with Crippen molar-refractivity contribution in [3.63, 3.8) is 0 Å². The van der Waals surface area contributed by atoms with E-state index in [1.165, 1.54) is 0 Å². The van der Waals surface area contributed by atoms with E-state index in [1.54, 1.807) is 7.05 Å². The topological polar surface area (TPSA) is 61.8 Å². The highest BCUT2D eigenvalue weighted by Crippen LogP contribution is 2.15. The average Bonchev–Trinajstić information content (AvgIpc) is 2.35. The molecular weight excluding hydrogens is 208 g/mol. The molecule has 0 aromatic carbocycles. The molecule has 16 heavy (non-hydrogen) atoms. The van der Waals surface area contributed by atoms with E-state index in [0.717, 1.165) is 25.9 Å². The van der Waals surface area contributed by atoms with Crippen LogP contribution in [0, 0.1) is 0 Å². The lowest BCUT2D eigenvalue weighted by Gasteiger charge is -2.34. The molecule has 0 spiro atoms. The Labute approximate surface area is 96.8 Å². The number of amides is 1. The first-order valence-electron chi connectivity index (χ1n) is 5.87. The van der Waals surface area contributed by atoms with Crippen LogP contribution in [0.1, 0.15) is 19.8 Å². The Morgan fingerprint density at radius 2 is 2.19 bits per heavy atom. The van der Waals surface area contributed by atoms with Crippen molar-refractivity contribution >= 4 is 5.91 Å². The van der Waals surface area contributed by atoms with Crippen LogP contribution in [0.15, 0.2) is 0 Å². The van der Waals surface area contributed by atoms with Crippen molar-refractivity contribution in [1.29, 1.82) is 0 Å². The minimum atomic E-state index is -0.0659. The van der Waals surface area contributed by atoms with Crippen LogP contribution in [-0.4, -0.2) is 61.4 Å². The number of ether oxygens (including phenoxy) is 1. The molecule has 5 heteroatoms. The third-order valence-electron chi connectivity index (χ3n) is 3.09. The Balaban J connectivity index is 2.28. The first-order chi connectivity index (χ1) is 7.69. The molecule has 2 N–H and O–H groups in total. The molecule has 1 unspecified atom stereocenters. The van der Waals surface area contributed by atoms with E-state index in [0.29, 0.717) is 6.61 Å². The summed E-state index contributed by atoms with van der Waals surface area (Å²) in [5.74, 6) is 0.0646. The zero-order valence-electron chi connectivity index (χ0n) is 10.1. The molecule has 1 atom stereocenters. The Morgan fingerprint density at radius 3 is 2.69 bits per heavy atom. The number of hydrogen-bond acceptors (Lipinski definition) is 4. The highest BCUT2D eigenvalue weighted by atomic mass is 16.5. The monoisotopic (exact) mass is 230 g/mol. The van der Waals surface area contributed by atoms with Gasteiger partial charge in [0.15, 0.2) is 0 Å². The lowest BCUT2D eigenvalue weighted by molar-refractivity contribution is -0.126. The third-order valence-corrected chi connectivity index (χ3v) is 3.09. The SMILES string of the molecule is CNC(=O)C(C)N1CCC(OCCO)CC1. The number of nitrogens with zero attached hydrogens (tertiary/aromatic N) is 1. The number of nitrogens with one attached hydrogen (secondary N) is 1. The summed E-state index contributed by atoms with van der Waals surface area (Å²) in [5.41, 5.74) is 0. The largest absolute Gasteiger partial charge is 0.394 e. The van der Waals surface area contributed by atoms with Gasteiger partial charge >= 0.3 is 0 Å². The zero-order valence-corrected chi connectivity index (χ0v) is 10.1. The summed E-state index contributed by atoms with van der Waals surface area (Å²) in [4.78, 5) is 13.6. The average molecular weight is 230 g/mol. The maximum Gasteiger partial charge on any atom is 0.236 e. The number of piperidine rings is 1. The van der Waals surface area contributed by atoms with Gasteiger partial charge in [-0.2, -0.15) is 0 Å². The van der Waals surface area contributed by atoms with E-state index in [4.69, 9.17) is 9.84 Å². The number of hydrogen-bond donors (Lipinski definition) is 2. The van der Waals surface area contributed by atoms with Crippen LogP contribution in [0.5, 0.6) is 0 Å². The van der Waals surface area contributed by atoms with Gasteiger partial charge in [0.05, 0.1) is 25.4 Å². The fourth-order valence-electron chi connectivity index (χ4n) is 2.02. The molecule has 1 fully saturated rings. The smallest absolute Gasteiger partial charge is 0.236 e. The second-order valence-electron chi connectivity index (χ2n) is 4.12. The fourth-order valence-corrected chi connectivity index (χ4v) is 2.02. The normalized spacial score (nSPS) is 20.7. The van der Waals surface area contributed by atoms with Gasteiger partial charge in [-0.3, -0.25) is 9.69 Å². The summed E-state index contributed by atoms with van der Waals surface area (Å²) in [7, 11) is 1.66. The minimum Gasteiger partial charge on any atom is -0.394 e. The summed E-state index contributed by atoms with van der Waals surface area (Å²) in [6, 6.07) is -0.0659. The molecule has 1 heterocycles. The lowest BCUT2D eigenvalue weighted by Crippen LogP contribution is -2.48. The molecule has 0 radical (unpaired) electrons. The molecule has 0 saturated carbocycles. The summed E-state index contributed by atoms with van der Waals surface area (Å²) in [6.45, 7) is 4.17. The number of carbonyl (C=O) groups is 1. The molecular formula is C11H22N2O3. The highest BCUT2D eigenvalue weighted by Gasteiger charge is 2.26. The molecule has 1 saturated heterocycles. The van der Waals surface area contributed by atoms with Crippen molar-refractivity contribution in [2.24, 2.45) is 0 Å². The number of rotatable bonds is 5. The second kappa shape index (κ2) is 6.83. The number of aliphatic hydroxyl groups excluding tert-OH is 1. The Kier molecular flexibility index (Phi) is 5.73. The Hall–Kier alpha value is -0.650. The van der Waals surface area contributed by atoms with Crippen LogP contribution in [-0.2, 0) is 9.53 Å². The van der Waals surface area contributed by atoms with E-state index in [9.17, 15) is 4.79 Å². The van der Waals surface area contributed by atoms with Crippen LogP contribution >= 0.6 is 0 Å². The number of likely N-dealkylation sites (N-methyl/N-ethyl adjacent to an activating group) is 1. The van der Waals surface area contributed by atoms with Crippen molar-refractivity contribution in [1.82, 2.24) is 10.2 Å². The summed E-state index contributed by atoms with van der Waals surface area (Å²) < 4.78 is 5.47. The van der Waals surface area contributed by atoms with Crippen molar-refractivity contribution in [2.45, 2.75) is 31.9 Å². The van der Waals surface area contributed by atoms with Gasteiger partial charge in [0.25, 0.3) is 0 Å². The van der Waals surface area contributed by atoms with Crippen molar-refractivity contribution < 1.29 is 14.6 Å². The minimum absolute atomic E-state index is 0.0646. The van der Waals surface area contributed by atoms with E-state index >= 15 is 0 Å². The van der Waals surface area contributed by atoms with Crippen LogP contribution in [0.3, 0.4) is 0 Å². The molecule has 0 aromatic rings. The molecule has 0 aliphatic carbocycles. The van der Waals surface area contributed by atoms with Gasteiger partial charge in [-0.15, -0.1) is 0 Å². The second-order valence-corrected chi connectivity index (χ2v) is 4.12. The van der Waals surface area contributed by atoms with E-state index in [1.807, 2.05) is 6.92 Å². The van der Waals surface area contributed by atoms with Crippen LogP contribution < -0.4 is 5.32 Å². The number of carbonyl (C=O) groups excluding carboxylic acids is 1. The third kappa shape index (κ3) is 3.73. The summed E-state index contributed by atoms with van der Waals surface area (Å²) in [6.07, 6.45) is 2.10. The Morgan fingerprint density at radius 1 is 1.56 bits per heavy atom. The van der Waals surface area contributed by atoms with Crippen molar-refractivity contribution in [3.8, 4) is 0 Å². The predicted octanol–water partition coefficient (Wildman–Crippen LogP) is -0.406. The van der Waals surface area contributed by atoms with Crippen LogP contribution in [0.2, 0.25) is 0 Å². The molecule has 1 amide bonds. The quantitative estimate of drug-likeness (QED) is 0.674. The van der Waals surface area contributed by atoms with Crippen LogP contribution in [0.4, 0.5) is 0 Å². The Bertz CT molecular complexity index is 215. The van der Waals surface area contributed by atoms with E-state index < -0.39 is 0 Å². The molecule has 94 valence electrons. The predicted molar refractivity (Wildman–Crippen MR) is 61.2 cm³/mol. The van der Waals surface area contributed by atoms with Crippen LogP contribution in [0.25, 0.3) is 0 Å². The number of aliphatic hydroxyl groups is 1. The molecule has 5 nitrogen and oxygen atoms in total. The fraction of sp³-hybridized carbons (Fsp3) is 0.909. The summed E-state index contributed by atoms with van der Waals surface area (Å²) in [5, 5.41) is 11.3. The van der Waals surface area contributed by atoms with Gasteiger partial charge in [-0.1, -0.05) is 0 Å². The molecule has 0 bridgehead atoms. The van der Waals surface area contributed by atoms with Gasteiger partial charge in [0.2, 0.25) is 5.91 Å². The van der Waals surface area contributed by atoms with Gasteiger partial charge in [-0.25, -0.2) is 0 Å². The first kappa shape index (κ1) is 13.4. The van der Waals surface area contributed by atoms with E-state index in [2.05, 4.69) is 10.2 Å². The maximum atomic E-state index is 11.4.